The normalized spacial score (nSPS) is 10.3. The van der Waals surface area contributed by atoms with Gasteiger partial charge in [-0.15, -0.1) is 0 Å². The fourth-order valence-corrected chi connectivity index (χ4v) is 2.05. The molecule has 0 bridgehead atoms. The lowest BCUT2D eigenvalue weighted by molar-refractivity contribution is 0.415. The average molecular weight is 308 g/mol. The summed E-state index contributed by atoms with van der Waals surface area (Å²) in [6.45, 7) is 3.88. The Labute approximate surface area is 128 Å². The Bertz CT molecular complexity index is 648. The van der Waals surface area contributed by atoms with Crippen molar-refractivity contribution in [2.75, 3.05) is 17.9 Å². The van der Waals surface area contributed by atoms with Crippen molar-refractivity contribution >= 4 is 28.9 Å². The van der Waals surface area contributed by atoms with Crippen LogP contribution in [0.3, 0.4) is 0 Å². The Balaban J connectivity index is 2.38. The largest absolute Gasteiger partial charge is 0.495 e. The summed E-state index contributed by atoms with van der Waals surface area (Å²) in [5, 5.41) is 3.79. The number of aromatic nitrogens is 2. The number of benzene rings is 1. The van der Waals surface area contributed by atoms with Crippen molar-refractivity contribution in [3.63, 3.8) is 0 Å². The summed E-state index contributed by atoms with van der Waals surface area (Å²) < 4.78 is 5.21. The zero-order valence-corrected chi connectivity index (χ0v) is 13.0. The fourth-order valence-electron chi connectivity index (χ4n) is 1.86. The minimum Gasteiger partial charge on any atom is -0.495 e. The van der Waals surface area contributed by atoms with E-state index in [4.69, 9.17) is 22.2 Å². The van der Waals surface area contributed by atoms with Crippen molar-refractivity contribution in [2.24, 2.45) is 5.84 Å². The van der Waals surface area contributed by atoms with Crippen LogP contribution in [-0.2, 0) is 6.42 Å². The molecule has 0 aliphatic heterocycles. The number of nitrogens with two attached hydrogens (primary N) is 1. The highest BCUT2D eigenvalue weighted by Gasteiger charge is 2.10. The third-order valence-electron chi connectivity index (χ3n) is 3.06. The van der Waals surface area contributed by atoms with Crippen LogP contribution in [0.15, 0.2) is 18.2 Å². The monoisotopic (exact) mass is 307 g/mol. The summed E-state index contributed by atoms with van der Waals surface area (Å²) in [6.07, 6.45) is 0.716. The Morgan fingerprint density at radius 1 is 1.29 bits per heavy atom. The Morgan fingerprint density at radius 2 is 2.00 bits per heavy atom. The van der Waals surface area contributed by atoms with Crippen molar-refractivity contribution in [2.45, 2.75) is 20.3 Å². The molecule has 6 nitrogen and oxygen atoms in total. The smallest absolute Gasteiger partial charge is 0.148 e. The topological polar surface area (TPSA) is 85.1 Å². The highest BCUT2D eigenvalue weighted by molar-refractivity contribution is 6.32. The number of hydrogen-bond donors (Lipinski definition) is 3. The van der Waals surface area contributed by atoms with Gasteiger partial charge in [-0.2, -0.15) is 0 Å². The number of nitrogen functional groups attached to an aromatic ring is 1. The van der Waals surface area contributed by atoms with Gasteiger partial charge in [-0.3, -0.25) is 0 Å². The molecule has 0 amide bonds. The standard InChI is InChI=1S/C14H18ClN5O/c1-4-12-18-13(8(2)14(19-12)20-16)17-9-5-6-10(15)11(7-9)21-3/h5-7H,4,16H2,1-3H3,(H2,17,18,19,20). The van der Waals surface area contributed by atoms with Crippen molar-refractivity contribution < 1.29 is 4.74 Å². The minimum absolute atomic E-state index is 0.557. The van der Waals surface area contributed by atoms with Gasteiger partial charge >= 0.3 is 0 Å². The summed E-state index contributed by atoms with van der Waals surface area (Å²) in [5.74, 6) is 8.10. The number of nitrogens with zero attached hydrogens (tertiary/aromatic N) is 2. The average Bonchev–Trinajstić information content (AvgIpc) is 2.51. The number of hydrogen-bond acceptors (Lipinski definition) is 6. The predicted molar refractivity (Wildman–Crippen MR) is 85.2 cm³/mol. The molecule has 0 atom stereocenters. The SMILES string of the molecule is CCc1nc(NN)c(C)c(Nc2ccc(Cl)c(OC)c2)n1. The van der Waals surface area contributed by atoms with Gasteiger partial charge < -0.3 is 15.5 Å². The number of anilines is 3. The molecular formula is C14H18ClN5O. The highest BCUT2D eigenvalue weighted by Crippen LogP contribution is 2.30. The molecule has 0 saturated heterocycles. The lowest BCUT2D eigenvalue weighted by atomic mass is 10.2. The van der Waals surface area contributed by atoms with Gasteiger partial charge in [0.1, 0.15) is 23.2 Å². The molecule has 0 radical (unpaired) electrons. The second kappa shape index (κ2) is 6.60. The first-order valence-electron chi connectivity index (χ1n) is 6.53. The first kappa shape index (κ1) is 15.3. The summed E-state index contributed by atoms with van der Waals surface area (Å²) >= 11 is 6.02. The molecule has 1 aromatic carbocycles. The third-order valence-corrected chi connectivity index (χ3v) is 3.37. The molecule has 2 aromatic rings. The molecule has 2 rings (SSSR count). The van der Waals surface area contributed by atoms with E-state index >= 15 is 0 Å². The lowest BCUT2D eigenvalue weighted by Crippen LogP contribution is -2.13. The van der Waals surface area contributed by atoms with E-state index in [1.807, 2.05) is 26.0 Å². The number of rotatable bonds is 5. The lowest BCUT2D eigenvalue weighted by Gasteiger charge is -2.14. The maximum absolute atomic E-state index is 6.02. The third kappa shape index (κ3) is 3.34. The molecule has 4 N–H and O–H groups in total. The number of hydrazine groups is 1. The first-order chi connectivity index (χ1) is 10.1. The van der Waals surface area contributed by atoms with Crippen LogP contribution in [0.25, 0.3) is 0 Å². The van der Waals surface area contributed by atoms with Gasteiger partial charge in [0.25, 0.3) is 0 Å². The van der Waals surface area contributed by atoms with Crippen molar-refractivity contribution in [3.05, 3.63) is 34.6 Å². The van der Waals surface area contributed by atoms with Gasteiger partial charge in [-0.1, -0.05) is 18.5 Å². The summed E-state index contributed by atoms with van der Waals surface area (Å²) in [5.41, 5.74) is 4.25. The number of ether oxygens (including phenoxy) is 1. The van der Waals surface area contributed by atoms with E-state index in [2.05, 4.69) is 20.7 Å². The first-order valence-corrected chi connectivity index (χ1v) is 6.91. The van der Waals surface area contributed by atoms with E-state index in [9.17, 15) is 0 Å². The Kier molecular flexibility index (Phi) is 4.82. The second-order valence-electron chi connectivity index (χ2n) is 4.43. The maximum atomic E-state index is 6.02. The molecule has 1 aromatic heterocycles. The summed E-state index contributed by atoms with van der Waals surface area (Å²) in [4.78, 5) is 8.81. The molecule has 0 fully saturated rings. The fraction of sp³-hybridized carbons (Fsp3) is 0.286. The summed E-state index contributed by atoms with van der Waals surface area (Å²) in [6, 6.07) is 5.43. The highest BCUT2D eigenvalue weighted by atomic mass is 35.5. The van der Waals surface area contributed by atoms with Crippen LogP contribution in [0.4, 0.5) is 17.3 Å². The van der Waals surface area contributed by atoms with Crippen LogP contribution < -0.4 is 21.3 Å². The van der Waals surface area contributed by atoms with E-state index in [0.29, 0.717) is 34.7 Å². The van der Waals surface area contributed by atoms with E-state index < -0.39 is 0 Å². The van der Waals surface area contributed by atoms with E-state index in [-0.39, 0.29) is 0 Å². The number of nitrogens with one attached hydrogen (secondary N) is 2. The molecular weight excluding hydrogens is 290 g/mol. The van der Waals surface area contributed by atoms with Crippen molar-refractivity contribution in [1.29, 1.82) is 0 Å². The molecule has 21 heavy (non-hydrogen) atoms. The van der Waals surface area contributed by atoms with Crippen LogP contribution in [0.1, 0.15) is 18.3 Å². The van der Waals surface area contributed by atoms with Gasteiger partial charge in [0.15, 0.2) is 0 Å². The van der Waals surface area contributed by atoms with E-state index in [0.717, 1.165) is 11.3 Å². The zero-order chi connectivity index (χ0) is 15.4. The van der Waals surface area contributed by atoms with Crippen LogP contribution in [0.2, 0.25) is 5.02 Å². The maximum Gasteiger partial charge on any atom is 0.148 e. The molecule has 0 saturated carbocycles. The minimum atomic E-state index is 0.557. The Hall–Kier alpha value is -2.05. The van der Waals surface area contributed by atoms with Crippen LogP contribution in [-0.4, -0.2) is 17.1 Å². The van der Waals surface area contributed by atoms with Gasteiger partial charge in [-0.25, -0.2) is 15.8 Å². The predicted octanol–water partition coefficient (Wildman–Crippen LogP) is 3.04. The molecule has 7 heteroatoms. The Morgan fingerprint density at radius 3 is 2.62 bits per heavy atom. The molecule has 1 heterocycles. The molecule has 112 valence electrons. The molecule has 0 unspecified atom stereocenters. The molecule has 0 aliphatic carbocycles. The quantitative estimate of drug-likeness (QED) is 0.581. The van der Waals surface area contributed by atoms with E-state index in [1.54, 1.807) is 13.2 Å². The van der Waals surface area contributed by atoms with Crippen LogP contribution >= 0.6 is 11.6 Å². The summed E-state index contributed by atoms with van der Waals surface area (Å²) in [7, 11) is 1.58. The molecule has 0 spiro atoms. The number of methoxy groups -OCH3 is 1. The number of aryl methyl sites for hydroxylation is 1. The van der Waals surface area contributed by atoms with Gasteiger partial charge in [0.05, 0.1) is 12.1 Å². The van der Waals surface area contributed by atoms with Gasteiger partial charge in [-0.05, 0) is 19.1 Å². The van der Waals surface area contributed by atoms with E-state index in [1.165, 1.54) is 0 Å². The van der Waals surface area contributed by atoms with Crippen LogP contribution in [0, 0.1) is 6.92 Å². The van der Waals surface area contributed by atoms with Crippen molar-refractivity contribution in [3.8, 4) is 5.75 Å². The van der Waals surface area contributed by atoms with Crippen LogP contribution in [0.5, 0.6) is 5.75 Å². The second-order valence-corrected chi connectivity index (χ2v) is 4.84. The van der Waals surface area contributed by atoms with Gasteiger partial charge in [0.2, 0.25) is 0 Å². The number of halogens is 1. The van der Waals surface area contributed by atoms with Gasteiger partial charge in [0, 0.05) is 23.7 Å². The van der Waals surface area contributed by atoms with Crippen molar-refractivity contribution in [1.82, 2.24) is 9.97 Å². The molecule has 0 aliphatic rings. The zero-order valence-electron chi connectivity index (χ0n) is 12.2.